The van der Waals surface area contributed by atoms with Gasteiger partial charge in [-0.15, -0.1) is 0 Å². The van der Waals surface area contributed by atoms with Gasteiger partial charge in [0.2, 0.25) is 29.5 Å². The van der Waals surface area contributed by atoms with E-state index in [9.17, 15) is 33.9 Å². The minimum absolute atomic E-state index is 0.178. The van der Waals surface area contributed by atoms with Crippen molar-refractivity contribution >= 4 is 35.5 Å². The van der Waals surface area contributed by atoms with Crippen LogP contribution in [0.3, 0.4) is 0 Å². The summed E-state index contributed by atoms with van der Waals surface area (Å²) in [5.41, 5.74) is 15.4. The third kappa shape index (κ3) is 9.82. The van der Waals surface area contributed by atoms with Gasteiger partial charge in [0.15, 0.2) is 0 Å². The van der Waals surface area contributed by atoms with Crippen molar-refractivity contribution in [2.24, 2.45) is 23.1 Å². The van der Waals surface area contributed by atoms with E-state index >= 15 is 0 Å². The van der Waals surface area contributed by atoms with E-state index in [2.05, 4.69) is 16.0 Å². The van der Waals surface area contributed by atoms with Crippen LogP contribution < -0.4 is 33.2 Å². The summed E-state index contributed by atoms with van der Waals surface area (Å²) in [5.74, 6) is -5.88. The molecule has 4 unspecified atom stereocenters. The molecule has 0 aromatic heterocycles. The van der Waals surface area contributed by atoms with Crippen molar-refractivity contribution in [2.75, 3.05) is 6.54 Å². The first-order valence-electron chi connectivity index (χ1n) is 9.32. The zero-order chi connectivity index (χ0) is 23.4. The van der Waals surface area contributed by atoms with E-state index in [0.717, 1.165) is 0 Å². The molecule has 0 aliphatic heterocycles. The van der Waals surface area contributed by atoms with Crippen molar-refractivity contribution in [1.82, 2.24) is 16.0 Å². The summed E-state index contributed by atoms with van der Waals surface area (Å²) in [6.45, 7) is 2.92. The molecule has 0 aromatic carbocycles. The molecular weight excluding hydrogens is 400 g/mol. The standard InChI is InChI=1S/C17H30N6O7/c1-3-8(2)14(17(29)30)23-16(28)10(6-12(20)25)22-15(27)9(4-5-11(19)24)21-13(26)7-18/h8-10,14H,3-7,18H2,1-2H3,(H2,19,24)(H2,20,25)(H,21,26)(H,22,27)(H,23,28)(H,29,30). The average molecular weight is 430 g/mol. The second-order valence-electron chi connectivity index (χ2n) is 6.77. The summed E-state index contributed by atoms with van der Waals surface area (Å²) in [5, 5.41) is 16.1. The molecule has 0 aromatic rings. The van der Waals surface area contributed by atoms with Gasteiger partial charge in [0.25, 0.3) is 0 Å². The van der Waals surface area contributed by atoms with Crippen molar-refractivity contribution < 1.29 is 33.9 Å². The van der Waals surface area contributed by atoms with E-state index in [1.807, 2.05) is 0 Å². The molecule has 30 heavy (non-hydrogen) atoms. The number of hydrogen-bond acceptors (Lipinski definition) is 7. The van der Waals surface area contributed by atoms with Gasteiger partial charge in [0, 0.05) is 6.42 Å². The van der Waals surface area contributed by atoms with Gasteiger partial charge in [-0.3, -0.25) is 24.0 Å². The Balaban J connectivity index is 5.47. The number of carbonyl (C=O) groups excluding carboxylic acids is 5. The lowest BCUT2D eigenvalue weighted by Gasteiger charge is -2.25. The molecule has 170 valence electrons. The average Bonchev–Trinajstić information content (AvgIpc) is 2.66. The summed E-state index contributed by atoms with van der Waals surface area (Å²) in [6, 6.07) is -4.01. The van der Waals surface area contributed by atoms with E-state index in [1.54, 1.807) is 13.8 Å². The van der Waals surface area contributed by atoms with E-state index in [0.29, 0.717) is 6.42 Å². The molecule has 0 aliphatic rings. The van der Waals surface area contributed by atoms with Gasteiger partial charge in [-0.25, -0.2) is 4.79 Å². The number of carboxylic acids is 1. The van der Waals surface area contributed by atoms with E-state index in [4.69, 9.17) is 17.2 Å². The highest BCUT2D eigenvalue weighted by molar-refractivity contribution is 5.96. The van der Waals surface area contributed by atoms with Crippen molar-refractivity contribution in [2.45, 2.75) is 57.7 Å². The van der Waals surface area contributed by atoms with Crippen LogP contribution in [0.1, 0.15) is 39.5 Å². The van der Waals surface area contributed by atoms with Gasteiger partial charge >= 0.3 is 5.97 Å². The van der Waals surface area contributed by atoms with Crippen LogP contribution >= 0.6 is 0 Å². The number of amides is 5. The van der Waals surface area contributed by atoms with Crippen molar-refractivity contribution in [3.8, 4) is 0 Å². The molecule has 4 atom stereocenters. The van der Waals surface area contributed by atoms with Crippen molar-refractivity contribution in [3.63, 3.8) is 0 Å². The first-order chi connectivity index (χ1) is 13.9. The highest BCUT2D eigenvalue weighted by Gasteiger charge is 2.32. The Labute approximate surface area is 173 Å². The monoisotopic (exact) mass is 430 g/mol. The summed E-state index contributed by atoms with van der Waals surface area (Å²) in [6.07, 6.45) is -0.588. The summed E-state index contributed by atoms with van der Waals surface area (Å²) >= 11 is 0. The molecule has 0 saturated carbocycles. The predicted molar refractivity (Wildman–Crippen MR) is 104 cm³/mol. The minimum Gasteiger partial charge on any atom is -0.480 e. The van der Waals surface area contributed by atoms with Crippen LogP contribution in [-0.4, -0.2) is 65.3 Å². The Hall–Kier alpha value is -3.22. The lowest BCUT2D eigenvalue weighted by molar-refractivity contribution is -0.144. The summed E-state index contributed by atoms with van der Waals surface area (Å²) in [4.78, 5) is 70.4. The fourth-order valence-corrected chi connectivity index (χ4v) is 2.43. The first kappa shape index (κ1) is 26.8. The molecule has 13 heteroatoms. The third-order valence-corrected chi connectivity index (χ3v) is 4.33. The summed E-state index contributed by atoms with van der Waals surface area (Å²) in [7, 11) is 0. The zero-order valence-corrected chi connectivity index (χ0v) is 17.0. The molecule has 0 aliphatic carbocycles. The first-order valence-corrected chi connectivity index (χ1v) is 9.32. The smallest absolute Gasteiger partial charge is 0.326 e. The third-order valence-electron chi connectivity index (χ3n) is 4.33. The van der Waals surface area contributed by atoms with Crippen molar-refractivity contribution in [3.05, 3.63) is 0 Å². The van der Waals surface area contributed by atoms with E-state index in [-0.39, 0.29) is 12.8 Å². The Morgan fingerprint density at radius 3 is 1.90 bits per heavy atom. The zero-order valence-electron chi connectivity index (χ0n) is 17.0. The number of rotatable bonds is 14. The number of primary amides is 2. The maximum atomic E-state index is 12.5. The van der Waals surface area contributed by atoms with E-state index < -0.39 is 72.5 Å². The Morgan fingerprint density at radius 1 is 0.900 bits per heavy atom. The lowest BCUT2D eigenvalue weighted by Crippen LogP contribution is -2.57. The molecule has 0 fully saturated rings. The van der Waals surface area contributed by atoms with Crippen LogP contribution in [0, 0.1) is 5.92 Å². The van der Waals surface area contributed by atoms with Crippen LogP contribution in [-0.2, 0) is 28.8 Å². The van der Waals surface area contributed by atoms with Gasteiger partial charge in [-0.2, -0.15) is 0 Å². The van der Waals surface area contributed by atoms with Crippen LogP contribution in [0.4, 0.5) is 0 Å². The summed E-state index contributed by atoms with van der Waals surface area (Å²) < 4.78 is 0. The second kappa shape index (κ2) is 13.1. The number of aliphatic carboxylic acids is 1. The fourth-order valence-electron chi connectivity index (χ4n) is 2.43. The molecule has 0 radical (unpaired) electrons. The molecule has 5 amide bonds. The number of hydrogen-bond donors (Lipinski definition) is 7. The van der Waals surface area contributed by atoms with Gasteiger partial charge in [-0.05, 0) is 12.3 Å². The minimum atomic E-state index is -1.49. The normalized spacial score (nSPS) is 14.5. The quantitative estimate of drug-likeness (QED) is 0.147. The molecule has 10 N–H and O–H groups in total. The van der Waals surface area contributed by atoms with Gasteiger partial charge in [0.1, 0.15) is 18.1 Å². The molecule has 0 saturated heterocycles. The maximum Gasteiger partial charge on any atom is 0.326 e. The Kier molecular flexibility index (Phi) is 11.7. The van der Waals surface area contributed by atoms with Crippen molar-refractivity contribution in [1.29, 1.82) is 0 Å². The molecule has 0 rings (SSSR count). The molecule has 0 bridgehead atoms. The van der Waals surface area contributed by atoms with Gasteiger partial charge in [0.05, 0.1) is 13.0 Å². The fraction of sp³-hybridized carbons (Fsp3) is 0.647. The van der Waals surface area contributed by atoms with Crippen LogP contribution in [0.15, 0.2) is 0 Å². The molecular formula is C17H30N6O7. The Bertz CT molecular complexity index is 669. The Morgan fingerprint density at radius 2 is 1.47 bits per heavy atom. The molecule has 0 heterocycles. The second-order valence-corrected chi connectivity index (χ2v) is 6.77. The van der Waals surface area contributed by atoms with E-state index in [1.165, 1.54) is 0 Å². The lowest BCUT2D eigenvalue weighted by atomic mass is 9.98. The molecule has 0 spiro atoms. The SMILES string of the molecule is CCC(C)C(NC(=O)C(CC(N)=O)NC(=O)C(CCC(N)=O)NC(=O)CN)C(=O)O. The largest absolute Gasteiger partial charge is 0.480 e. The number of carbonyl (C=O) groups is 6. The highest BCUT2D eigenvalue weighted by Crippen LogP contribution is 2.09. The maximum absolute atomic E-state index is 12.5. The molecule has 13 nitrogen and oxygen atoms in total. The van der Waals surface area contributed by atoms with Crippen LogP contribution in [0.5, 0.6) is 0 Å². The topological polar surface area (TPSA) is 237 Å². The predicted octanol–water partition coefficient (Wildman–Crippen LogP) is -3.33. The van der Waals surface area contributed by atoms with Crippen LogP contribution in [0.25, 0.3) is 0 Å². The van der Waals surface area contributed by atoms with Gasteiger partial charge < -0.3 is 38.3 Å². The number of nitrogens with two attached hydrogens (primary N) is 3. The van der Waals surface area contributed by atoms with Crippen LogP contribution in [0.2, 0.25) is 0 Å². The van der Waals surface area contributed by atoms with Gasteiger partial charge in [-0.1, -0.05) is 20.3 Å². The number of nitrogens with one attached hydrogen (secondary N) is 3. The highest BCUT2D eigenvalue weighted by atomic mass is 16.4. The number of carboxylic acid groups (broad SMARTS) is 1.